The molecule has 2 fully saturated rings. The molecule has 2 aromatic heterocycles. The molecule has 2 saturated heterocycles. The number of fused-ring (bicyclic) bond motifs is 2. The number of tetrazole rings is 1. The Morgan fingerprint density at radius 2 is 2.14 bits per heavy atom. The minimum Gasteiger partial charge on any atom is -0.370 e. The number of aromatic nitrogens is 5. The van der Waals surface area contributed by atoms with Gasteiger partial charge in [-0.2, -0.15) is 9.94 Å². The van der Waals surface area contributed by atoms with E-state index in [1.54, 1.807) is 19.2 Å². The SMILES string of the molecule is Cc1c(C2CN3CCN(C(=O)C4CCc5cc(-n6cnnn6)ncc54)C[C@@H]3CO2)ccc(F)c1C#N. The molecular formula is C25H25FN8O2. The zero-order chi connectivity index (χ0) is 24.8. The number of carbonyl (C=O) groups is 1. The van der Waals surface area contributed by atoms with Crippen LogP contribution in [0.5, 0.6) is 0 Å². The number of morpholine rings is 1. The summed E-state index contributed by atoms with van der Waals surface area (Å²) in [5, 5.41) is 20.5. The maximum absolute atomic E-state index is 14.0. The summed E-state index contributed by atoms with van der Waals surface area (Å²) in [7, 11) is 0. The van der Waals surface area contributed by atoms with Crippen LogP contribution >= 0.6 is 0 Å². The number of ether oxygens (including phenoxy) is 1. The second-order valence-electron chi connectivity index (χ2n) is 9.59. The van der Waals surface area contributed by atoms with Gasteiger partial charge in [0.1, 0.15) is 18.2 Å². The van der Waals surface area contributed by atoms with Crippen LogP contribution in [0.15, 0.2) is 30.7 Å². The number of carbonyl (C=O) groups excluding carboxylic acids is 1. The van der Waals surface area contributed by atoms with E-state index in [1.165, 1.54) is 17.1 Å². The van der Waals surface area contributed by atoms with Crippen molar-refractivity contribution in [3.05, 3.63) is 64.4 Å². The molecule has 3 atom stereocenters. The molecule has 1 amide bonds. The van der Waals surface area contributed by atoms with Crippen LogP contribution < -0.4 is 0 Å². The third kappa shape index (κ3) is 3.83. The first-order chi connectivity index (χ1) is 17.5. The van der Waals surface area contributed by atoms with E-state index in [9.17, 15) is 14.4 Å². The largest absolute Gasteiger partial charge is 0.370 e. The lowest BCUT2D eigenvalue weighted by molar-refractivity contribution is -0.141. The average Bonchev–Trinajstić information content (AvgIpc) is 3.58. The summed E-state index contributed by atoms with van der Waals surface area (Å²) in [5.74, 6) is 0.0913. The molecule has 0 N–H and O–H groups in total. The quantitative estimate of drug-likeness (QED) is 0.547. The van der Waals surface area contributed by atoms with Crippen LogP contribution in [0.4, 0.5) is 4.39 Å². The predicted molar refractivity (Wildman–Crippen MR) is 124 cm³/mol. The van der Waals surface area contributed by atoms with Gasteiger partial charge in [-0.15, -0.1) is 5.10 Å². The number of rotatable bonds is 3. The molecular weight excluding hydrogens is 463 g/mol. The fraction of sp³-hybridized carbons (Fsp3) is 0.440. The Balaban J connectivity index is 1.12. The van der Waals surface area contributed by atoms with E-state index >= 15 is 0 Å². The van der Waals surface area contributed by atoms with Crippen molar-refractivity contribution in [2.45, 2.75) is 37.8 Å². The Morgan fingerprint density at radius 3 is 2.94 bits per heavy atom. The lowest BCUT2D eigenvalue weighted by Gasteiger charge is -2.46. The van der Waals surface area contributed by atoms with Gasteiger partial charge >= 0.3 is 0 Å². The molecule has 0 saturated carbocycles. The number of benzene rings is 1. The number of hydrogen-bond acceptors (Lipinski definition) is 8. The van der Waals surface area contributed by atoms with Crippen LogP contribution in [0.1, 0.15) is 46.3 Å². The third-order valence-electron chi connectivity index (χ3n) is 7.69. The van der Waals surface area contributed by atoms with Crippen molar-refractivity contribution >= 4 is 5.91 Å². The first-order valence-corrected chi connectivity index (χ1v) is 12.1. The van der Waals surface area contributed by atoms with E-state index in [0.717, 1.165) is 36.1 Å². The Hall–Kier alpha value is -3.75. The molecule has 6 rings (SSSR count). The van der Waals surface area contributed by atoms with E-state index in [4.69, 9.17) is 4.74 Å². The van der Waals surface area contributed by atoms with Gasteiger partial charge in [-0.05, 0) is 64.6 Å². The molecule has 0 spiro atoms. The molecule has 3 aromatic rings. The highest BCUT2D eigenvalue weighted by Crippen LogP contribution is 2.36. The summed E-state index contributed by atoms with van der Waals surface area (Å²) < 4.78 is 21.7. The highest BCUT2D eigenvalue weighted by Gasteiger charge is 2.39. The van der Waals surface area contributed by atoms with E-state index in [1.807, 2.05) is 17.0 Å². The van der Waals surface area contributed by atoms with E-state index in [2.05, 4.69) is 25.4 Å². The van der Waals surface area contributed by atoms with Crippen molar-refractivity contribution in [2.24, 2.45) is 0 Å². The summed E-state index contributed by atoms with van der Waals surface area (Å²) in [5.41, 5.74) is 3.65. The maximum Gasteiger partial charge on any atom is 0.230 e. The number of halogens is 1. The average molecular weight is 489 g/mol. The van der Waals surface area contributed by atoms with Gasteiger partial charge in [0.15, 0.2) is 5.82 Å². The number of nitriles is 1. The Kier molecular flexibility index (Phi) is 5.70. The number of aryl methyl sites for hydroxylation is 1. The molecule has 0 bridgehead atoms. The molecule has 2 unspecified atom stereocenters. The molecule has 1 aromatic carbocycles. The molecule has 36 heavy (non-hydrogen) atoms. The molecule has 3 aliphatic rings. The Labute approximate surface area is 207 Å². The van der Waals surface area contributed by atoms with Gasteiger partial charge < -0.3 is 9.64 Å². The van der Waals surface area contributed by atoms with Gasteiger partial charge in [-0.3, -0.25) is 9.69 Å². The second-order valence-corrected chi connectivity index (χ2v) is 9.59. The number of pyridine rings is 1. The number of nitrogens with zero attached hydrogens (tertiary/aromatic N) is 8. The molecule has 10 nitrogen and oxygen atoms in total. The van der Waals surface area contributed by atoms with Crippen LogP contribution in [-0.2, 0) is 16.0 Å². The summed E-state index contributed by atoms with van der Waals surface area (Å²) in [6.45, 7) is 4.90. The summed E-state index contributed by atoms with van der Waals surface area (Å²) in [6.07, 6.45) is 4.65. The zero-order valence-corrected chi connectivity index (χ0v) is 19.8. The number of amides is 1. The van der Waals surface area contributed by atoms with Gasteiger partial charge in [-0.25, -0.2) is 9.37 Å². The van der Waals surface area contributed by atoms with Crippen molar-refractivity contribution in [1.29, 1.82) is 5.26 Å². The first kappa shape index (κ1) is 22.7. The third-order valence-corrected chi connectivity index (χ3v) is 7.69. The van der Waals surface area contributed by atoms with Crippen molar-refractivity contribution < 1.29 is 13.9 Å². The van der Waals surface area contributed by atoms with Crippen molar-refractivity contribution in [1.82, 2.24) is 35.0 Å². The standard InChI is InChI=1S/C25H25FN8O2/c1-15-18(4-5-22(26)20(15)9-27)23-12-32-6-7-33(11-17(32)13-36-23)25(35)19-3-2-16-8-24(28-10-21(16)19)34-14-29-30-31-34/h4-5,8,10,14,17,19,23H,2-3,6-7,11-13H2,1H3/t17-,19?,23?/m1/s1. The van der Waals surface area contributed by atoms with Gasteiger partial charge in [-0.1, -0.05) is 6.07 Å². The lowest BCUT2D eigenvalue weighted by Crippen LogP contribution is -2.60. The van der Waals surface area contributed by atoms with E-state index < -0.39 is 5.82 Å². The van der Waals surface area contributed by atoms with Crippen LogP contribution in [0.3, 0.4) is 0 Å². The van der Waals surface area contributed by atoms with Crippen LogP contribution in [0, 0.1) is 24.1 Å². The Morgan fingerprint density at radius 1 is 1.25 bits per heavy atom. The van der Waals surface area contributed by atoms with E-state index in [-0.39, 0.29) is 29.5 Å². The highest BCUT2D eigenvalue weighted by atomic mass is 19.1. The zero-order valence-electron chi connectivity index (χ0n) is 19.8. The number of hydrogen-bond donors (Lipinski definition) is 0. The van der Waals surface area contributed by atoms with Crippen molar-refractivity contribution in [3.8, 4) is 11.9 Å². The maximum atomic E-state index is 14.0. The van der Waals surface area contributed by atoms with Crippen molar-refractivity contribution in [3.63, 3.8) is 0 Å². The fourth-order valence-electron chi connectivity index (χ4n) is 5.70. The topological polar surface area (TPSA) is 113 Å². The highest BCUT2D eigenvalue weighted by molar-refractivity contribution is 5.85. The summed E-state index contributed by atoms with van der Waals surface area (Å²) in [6, 6.07) is 7.08. The van der Waals surface area contributed by atoms with Crippen LogP contribution in [0.25, 0.3) is 5.82 Å². The minimum absolute atomic E-state index is 0.0741. The molecule has 184 valence electrons. The first-order valence-electron chi connectivity index (χ1n) is 12.1. The second kappa shape index (κ2) is 9.04. The van der Waals surface area contributed by atoms with Gasteiger partial charge in [0.05, 0.1) is 30.2 Å². The van der Waals surface area contributed by atoms with E-state index in [0.29, 0.717) is 37.6 Å². The molecule has 4 heterocycles. The Bertz CT molecular complexity index is 1350. The minimum atomic E-state index is -0.505. The van der Waals surface area contributed by atoms with Crippen molar-refractivity contribution in [2.75, 3.05) is 32.8 Å². The van der Waals surface area contributed by atoms with Gasteiger partial charge in [0.2, 0.25) is 5.91 Å². The van der Waals surface area contributed by atoms with Gasteiger partial charge in [0.25, 0.3) is 0 Å². The summed E-state index contributed by atoms with van der Waals surface area (Å²) >= 11 is 0. The molecule has 0 radical (unpaired) electrons. The number of piperazine rings is 1. The van der Waals surface area contributed by atoms with Crippen LogP contribution in [0.2, 0.25) is 0 Å². The smallest absolute Gasteiger partial charge is 0.230 e. The molecule has 1 aliphatic carbocycles. The fourth-order valence-corrected chi connectivity index (χ4v) is 5.70. The lowest BCUT2D eigenvalue weighted by atomic mass is 9.95. The van der Waals surface area contributed by atoms with Crippen LogP contribution in [-0.4, -0.2) is 79.7 Å². The summed E-state index contributed by atoms with van der Waals surface area (Å²) in [4.78, 5) is 22.3. The monoisotopic (exact) mass is 488 g/mol. The van der Waals surface area contributed by atoms with Gasteiger partial charge in [0, 0.05) is 32.4 Å². The normalized spacial score (nSPS) is 23.7. The molecule has 11 heteroatoms. The predicted octanol–water partition coefficient (Wildman–Crippen LogP) is 1.69. The molecule has 2 aliphatic heterocycles.